The number of benzene rings is 1. The molecule has 0 unspecified atom stereocenters. The standard InChI is InChI=1S/C21H30O2/c1-5-6-7-8-14-11-17-19-15-13-21(4,23-18(19)12-14)10-9-16(15)20(2,3)22-17/h11-12,15-16H,5-10,13H2,1-4H3/t15-,16+,21-/m0/s1. The van der Waals surface area contributed by atoms with Gasteiger partial charge in [0.1, 0.15) is 22.7 Å². The van der Waals surface area contributed by atoms with E-state index in [1.807, 2.05) is 0 Å². The van der Waals surface area contributed by atoms with Gasteiger partial charge < -0.3 is 9.47 Å². The predicted molar refractivity (Wildman–Crippen MR) is 93.5 cm³/mol. The van der Waals surface area contributed by atoms with Gasteiger partial charge in [0, 0.05) is 17.4 Å². The molecule has 0 N–H and O–H groups in total. The molecule has 2 heterocycles. The highest BCUT2D eigenvalue weighted by atomic mass is 16.5. The van der Waals surface area contributed by atoms with E-state index in [4.69, 9.17) is 9.47 Å². The Morgan fingerprint density at radius 3 is 2.57 bits per heavy atom. The Balaban J connectivity index is 1.76. The monoisotopic (exact) mass is 314 g/mol. The topological polar surface area (TPSA) is 18.5 Å². The normalized spacial score (nSPS) is 32.9. The lowest BCUT2D eigenvalue weighted by Gasteiger charge is -2.55. The molecule has 0 spiro atoms. The van der Waals surface area contributed by atoms with Gasteiger partial charge in [-0.05, 0) is 70.6 Å². The molecule has 3 aliphatic rings. The number of fused-ring (bicyclic) bond motifs is 1. The molecule has 3 atom stereocenters. The first-order chi connectivity index (χ1) is 10.9. The second-order valence-electron chi connectivity index (χ2n) is 8.68. The first-order valence-corrected chi connectivity index (χ1v) is 9.47. The summed E-state index contributed by atoms with van der Waals surface area (Å²) in [4.78, 5) is 0. The van der Waals surface area contributed by atoms with E-state index < -0.39 is 0 Å². The van der Waals surface area contributed by atoms with Gasteiger partial charge in [-0.2, -0.15) is 0 Å². The van der Waals surface area contributed by atoms with Crippen LogP contribution in [0.3, 0.4) is 0 Å². The summed E-state index contributed by atoms with van der Waals surface area (Å²) in [7, 11) is 0. The average molecular weight is 314 g/mol. The van der Waals surface area contributed by atoms with Gasteiger partial charge in [0.2, 0.25) is 0 Å². The van der Waals surface area contributed by atoms with E-state index in [0.717, 1.165) is 30.8 Å². The molecule has 1 saturated carbocycles. The fourth-order valence-corrected chi connectivity index (χ4v) is 5.14. The van der Waals surface area contributed by atoms with E-state index in [2.05, 4.69) is 39.8 Å². The number of hydrogen-bond acceptors (Lipinski definition) is 2. The third-order valence-corrected chi connectivity index (χ3v) is 6.35. The molecule has 1 aromatic rings. The summed E-state index contributed by atoms with van der Waals surface area (Å²) in [6, 6.07) is 4.61. The molecule has 2 aliphatic heterocycles. The number of ether oxygens (including phenoxy) is 2. The van der Waals surface area contributed by atoms with Gasteiger partial charge in [-0.25, -0.2) is 0 Å². The second-order valence-corrected chi connectivity index (χ2v) is 8.68. The lowest BCUT2D eigenvalue weighted by molar-refractivity contribution is -0.0727. The van der Waals surface area contributed by atoms with E-state index >= 15 is 0 Å². The molecular formula is C21H30O2. The minimum Gasteiger partial charge on any atom is -0.487 e. The van der Waals surface area contributed by atoms with Crippen molar-refractivity contribution in [2.45, 2.75) is 89.8 Å². The summed E-state index contributed by atoms with van der Waals surface area (Å²) in [5.74, 6) is 3.45. The maximum absolute atomic E-state index is 6.49. The zero-order valence-electron chi connectivity index (χ0n) is 15.1. The fourth-order valence-electron chi connectivity index (χ4n) is 5.14. The van der Waals surface area contributed by atoms with Crippen molar-refractivity contribution in [3.63, 3.8) is 0 Å². The van der Waals surface area contributed by atoms with Crippen molar-refractivity contribution in [3.05, 3.63) is 23.3 Å². The van der Waals surface area contributed by atoms with Gasteiger partial charge in [0.25, 0.3) is 0 Å². The van der Waals surface area contributed by atoms with E-state index in [9.17, 15) is 0 Å². The Labute approximate surface area is 140 Å². The molecule has 126 valence electrons. The van der Waals surface area contributed by atoms with Crippen molar-refractivity contribution in [1.82, 2.24) is 0 Å². The zero-order chi connectivity index (χ0) is 16.2. The van der Waals surface area contributed by atoms with Crippen molar-refractivity contribution in [1.29, 1.82) is 0 Å². The molecule has 1 fully saturated rings. The van der Waals surface area contributed by atoms with Crippen LogP contribution in [0.25, 0.3) is 0 Å². The van der Waals surface area contributed by atoms with Gasteiger partial charge in [0.15, 0.2) is 0 Å². The molecule has 23 heavy (non-hydrogen) atoms. The molecule has 0 aromatic heterocycles. The number of unbranched alkanes of at least 4 members (excludes halogenated alkanes) is 2. The van der Waals surface area contributed by atoms with Crippen LogP contribution >= 0.6 is 0 Å². The van der Waals surface area contributed by atoms with Crippen LogP contribution in [0.15, 0.2) is 12.1 Å². The lowest BCUT2D eigenvalue weighted by atomic mass is 9.61. The predicted octanol–water partition coefficient (Wildman–Crippen LogP) is 5.63. The van der Waals surface area contributed by atoms with Gasteiger partial charge in [-0.1, -0.05) is 19.8 Å². The Morgan fingerprint density at radius 1 is 1.09 bits per heavy atom. The Morgan fingerprint density at radius 2 is 1.83 bits per heavy atom. The fraction of sp³-hybridized carbons (Fsp3) is 0.714. The molecule has 4 rings (SSSR count). The SMILES string of the molecule is CCCCCc1cc2c3c(c1)O[C@@]1(C)CC[C@H]([C@@H]3C1)C(C)(C)O2. The third kappa shape index (κ3) is 2.45. The summed E-state index contributed by atoms with van der Waals surface area (Å²) >= 11 is 0. The summed E-state index contributed by atoms with van der Waals surface area (Å²) in [5.41, 5.74) is 2.71. The highest BCUT2D eigenvalue weighted by molar-refractivity contribution is 5.54. The Kier molecular flexibility index (Phi) is 3.44. The maximum atomic E-state index is 6.49. The highest BCUT2D eigenvalue weighted by Crippen LogP contribution is 2.60. The van der Waals surface area contributed by atoms with Crippen molar-refractivity contribution >= 4 is 0 Å². The van der Waals surface area contributed by atoms with Crippen LogP contribution in [0.5, 0.6) is 11.5 Å². The van der Waals surface area contributed by atoms with Gasteiger partial charge in [0.05, 0.1) is 0 Å². The molecule has 2 nitrogen and oxygen atoms in total. The van der Waals surface area contributed by atoms with Crippen LogP contribution in [0.2, 0.25) is 0 Å². The third-order valence-electron chi connectivity index (χ3n) is 6.35. The van der Waals surface area contributed by atoms with Crippen LogP contribution in [-0.2, 0) is 6.42 Å². The molecular weight excluding hydrogens is 284 g/mol. The average Bonchev–Trinajstić information content (AvgIpc) is 2.45. The van der Waals surface area contributed by atoms with Crippen LogP contribution in [-0.4, -0.2) is 11.2 Å². The molecule has 0 radical (unpaired) electrons. The van der Waals surface area contributed by atoms with E-state index in [1.165, 1.54) is 36.8 Å². The van der Waals surface area contributed by atoms with Crippen molar-refractivity contribution < 1.29 is 9.47 Å². The Hall–Kier alpha value is -1.18. The van der Waals surface area contributed by atoms with Crippen LogP contribution in [0, 0.1) is 5.92 Å². The molecule has 1 aliphatic carbocycles. The van der Waals surface area contributed by atoms with Crippen molar-refractivity contribution in [2.24, 2.45) is 5.92 Å². The highest BCUT2D eigenvalue weighted by Gasteiger charge is 2.54. The summed E-state index contributed by atoms with van der Waals surface area (Å²) < 4.78 is 13.0. The smallest absolute Gasteiger partial charge is 0.127 e. The molecule has 0 amide bonds. The first-order valence-electron chi connectivity index (χ1n) is 9.47. The van der Waals surface area contributed by atoms with Crippen LogP contribution in [0.4, 0.5) is 0 Å². The first kappa shape index (κ1) is 15.4. The van der Waals surface area contributed by atoms with Crippen molar-refractivity contribution in [3.8, 4) is 11.5 Å². The number of rotatable bonds is 4. The summed E-state index contributed by atoms with van der Waals surface area (Å²) in [6.07, 6.45) is 8.45. The molecule has 0 saturated heterocycles. The molecule has 1 aromatic carbocycles. The van der Waals surface area contributed by atoms with Gasteiger partial charge in [-0.3, -0.25) is 0 Å². The molecule has 2 heteroatoms. The van der Waals surface area contributed by atoms with Crippen molar-refractivity contribution in [2.75, 3.05) is 0 Å². The van der Waals surface area contributed by atoms with Gasteiger partial charge in [-0.15, -0.1) is 0 Å². The van der Waals surface area contributed by atoms with E-state index in [1.54, 1.807) is 0 Å². The maximum Gasteiger partial charge on any atom is 0.127 e. The van der Waals surface area contributed by atoms with Gasteiger partial charge >= 0.3 is 0 Å². The summed E-state index contributed by atoms with van der Waals surface area (Å²) in [5, 5.41) is 0. The number of hydrogen-bond donors (Lipinski definition) is 0. The quantitative estimate of drug-likeness (QED) is 0.671. The number of aryl methyl sites for hydroxylation is 1. The lowest BCUT2D eigenvalue weighted by Crippen LogP contribution is -2.53. The summed E-state index contributed by atoms with van der Waals surface area (Å²) in [6.45, 7) is 9.12. The second kappa shape index (κ2) is 5.16. The minimum absolute atomic E-state index is 0.0287. The zero-order valence-corrected chi connectivity index (χ0v) is 15.1. The van der Waals surface area contributed by atoms with E-state index in [-0.39, 0.29) is 11.2 Å². The molecule has 2 bridgehead atoms. The van der Waals surface area contributed by atoms with E-state index in [0.29, 0.717) is 11.8 Å². The minimum atomic E-state index is -0.0599. The Bertz CT molecular complexity index is 601. The largest absolute Gasteiger partial charge is 0.487 e. The van der Waals surface area contributed by atoms with Crippen LogP contribution in [0.1, 0.15) is 83.3 Å². The van der Waals surface area contributed by atoms with Crippen LogP contribution < -0.4 is 9.47 Å².